The first kappa shape index (κ1) is 19.8. The van der Waals surface area contributed by atoms with E-state index in [4.69, 9.17) is 4.74 Å². The number of ether oxygens (including phenoxy) is 1. The second kappa shape index (κ2) is 9.33. The van der Waals surface area contributed by atoms with E-state index in [9.17, 15) is 9.59 Å². The highest BCUT2D eigenvalue weighted by atomic mass is 16.5. The second-order valence-corrected chi connectivity index (χ2v) is 7.66. The zero-order valence-corrected chi connectivity index (χ0v) is 16.3. The van der Waals surface area contributed by atoms with Crippen LogP contribution in [-0.2, 0) is 27.3 Å². The van der Waals surface area contributed by atoms with Gasteiger partial charge in [-0.3, -0.25) is 9.59 Å². The lowest BCUT2D eigenvalue weighted by Gasteiger charge is -2.29. The standard InChI is InChI=1S/C21H31N3O3/c1-3-14(2)19(21(26)23-13-17-9-6-10-27-17)24-20(25)18-11-15-7-4-5-8-16(15)12-22-18/h4-5,7-8,14,17-19,22H,3,6,9-13H2,1-2H3,(H,23,26)(H,24,25)/t14?,17?,18-,19-/m0/s1. The van der Waals surface area contributed by atoms with Crippen LogP contribution in [0.1, 0.15) is 44.2 Å². The van der Waals surface area contributed by atoms with Crippen molar-refractivity contribution in [3.05, 3.63) is 35.4 Å². The molecule has 0 bridgehead atoms. The van der Waals surface area contributed by atoms with Crippen LogP contribution in [0.15, 0.2) is 24.3 Å². The highest BCUT2D eigenvalue weighted by Crippen LogP contribution is 2.17. The summed E-state index contributed by atoms with van der Waals surface area (Å²) in [5.41, 5.74) is 2.42. The van der Waals surface area contributed by atoms with Crippen LogP contribution < -0.4 is 16.0 Å². The number of nitrogens with one attached hydrogen (secondary N) is 3. The molecule has 2 aliphatic rings. The average molecular weight is 373 g/mol. The fourth-order valence-electron chi connectivity index (χ4n) is 3.73. The normalized spacial score (nSPS) is 23.9. The van der Waals surface area contributed by atoms with Crippen LogP contribution in [0.4, 0.5) is 0 Å². The Balaban J connectivity index is 1.58. The van der Waals surface area contributed by atoms with Gasteiger partial charge < -0.3 is 20.7 Å². The van der Waals surface area contributed by atoms with E-state index in [-0.39, 0.29) is 29.9 Å². The van der Waals surface area contributed by atoms with Crippen LogP contribution in [0, 0.1) is 5.92 Å². The van der Waals surface area contributed by atoms with Crippen LogP contribution in [-0.4, -0.2) is 43.2 Å². The summed E-state index contributed by atoms with van der Waals surface area (Å²) in [7, 11) is 0. The van der Waals surface area contributed by atoms with Crippen LogP contribution in [0.5, 0.6) is 0 Å². The van der Waals surface area contributed by atoms with Gasteiger partial charge in [0.25, 0.3) is 0 Å². The lowest BCUT2D eigenvalue weighted by atomic mass is 9.94. The Bertz CT molecular complexity index is 658. The molecule has 2 heterocycles. The molecule has 2 aliphatic heterocycles. The van der Waals surface area contributed by atoms with E-state index in [1.165, 1.54) is 11.1 Å². The first-order valence-corrected chi connectivity index (χ1v) is 10.1. The summed E-state index contributed by atoms with van der Waals surface area (Å²) in [5, 5.41) is 9.24. The van der Waals surface area contributed by atoms with E-state index < -0.39 is 6.04 Å². The smallest absolute Gasteiger partial charge is 0.242 e. The van der Waals surface area contributed by atoms with Crippen molar-refractivity contribution >= 4 is 11.8 Å². The average Bonchev–Trinajstić information content (AvgIpc) is 3.22. The number of rotatable bonds is 7. The molecule has 6 nitrogen and oxygen atoms in total. The zero-order valence-electron chi connectivity index (χ0n) is 16.3. The number of carbonyl (C=O) groups is 2. The topological polar surface area (TPSA) is 79.5 Å². The molecule has 2 amide bonds. The van der Waals surface area contributed by atoms with Crippen LogP contribution in [0.3, 0.4) is 0 Å². The molecule has 4 atom stereocenters. The third kappa shape index (κ3) is 5.08. The molecule has 3 N–H and O–H groups in total. The maximum atomic E-state index is 12.8. The van der Waals surface area contributed by atoms with Crippen LogP contribution in [0.2, 0.25) is 0 Å². The van der Waals surface area contributed by atoms with Gasteiger partial charge in [-0.25, -0.2) is 0 Å². The molecule has 2 unspecified atom stereocenters. The first-order valence-electron chi connectivity index (χ1n) is 10.1. The summed E-state index contributed by atoms with van der Waals surface area (Å²) in [4.78, 5) is 25.5. The minimum atomic E-state index is -0.525. The van der Waals surface area contributed by atoms with E-state index in [1.807, 2.05) is 26.0 Å². The maximum absolute atomic E-state index is 12.8. The van der Waals surface area contributed by atoms with Gasteiger partial charge in [-0.15, -0.1) is 0 Å². The SMILES string of the molecule is CCC(C)[C@H](NC(=O)[C@@H]1Cc2ccccc2CN1)C(=O)NCC1CCCO1. The summed E-state index contributed by atoms with van der Waals surface area (Å²) in [6.07, 6.45) is 3.58. The van der Waals surface area contributed by atoms with Crippen molar-refractivity contribution in [2.45, 2.75) is 64.3 Å². The van der Waals surface area contributed by atoms with Crippen molar-refractivity contribution in [3.63, 3.8) is 0 Å². The molecule has 0 aromatic heterocycles. The molecule has 1 saturated heterocycles. The Morgan fingerprint density at radius 3 is 2.78 bits per heavy atom. The van der Waals surface area contributed by atoms with E-state index in [0.717, 1.165) is 25.9 Å². The third-order valence-electron chi connectivity index (χ3n) is 5.72. The van der Waals surface area contributed by atoms with Crippen LogP contribution >= 0.6 is 0 Å². The molecular formula is C21H31N3O3. The number of amides is 2. The molecule has 6 heteroatoms. The minimum absolute atomic E-state index is 0.0642. The second-order valence-electron chi connectivity index (χ2n) is 7.66. The molecule has 0 radical (unpaired) electrons. The Morgan fingerprint density at radius 2 is 2.07 bits per heavy atom. The van der Waals surface area contributed by atoms with E-state index in [0.29, 0.717) is 19.5 Å². The molecule has 27 heavy (non-hydrogen) atoms. The van der Waals surface area contributed by atoms with Gasteiger partial charge in [-0.1, -0.05) is 44.5 Å². The predicted molar refractivity (Wildman–Crippen MR) is 104 cm³/mol. The zero-order chi connectivity index (χ0) is 19.2. The van der Waals surface area contributed by atoms with Crippen LogP contribution in [0.25, 0.3) is 0 Å². The summed E-state index contributed by atoms with van der Waals surface area (Å²) >= 11 is 0. The van der Waals surface area contributed by atoms with Gasteiger partial charge in [0.05, 0.1) is 12.1 Å². The molecule has 0 saturated carbocycles. The highest BCUT2D eigenvalue weighted by molar-refractivity contribution is 5.90. The lowest BCUT2D eigenvalue weighted by Crippen LogP contribution is -2.56. The number of benzene rings is 1. The molecule has 148 valence electrons. The lowest BCUT2D eigenvalue weighted by molar-refractivity contribution is -0.131. The van der Waals surface area contributed by atoms with Gasteiger partial charge in [-0.2, -0.15) is 0 Å². The van der Waals surface area contributed by atoms with Crippen molar-refractivity contribution < 1.29 is 14.3 Å². The maximum Gasteiger partial charge on any atom is 0.242 e. The predicted octanol–water partition coefficient (Wildman–Crippen LogP) is 1.53. The van der Waals surface area contributed by atoms with Gasteiger partial charge in [-0.05, 0) is 36.3 Å². The van der Waals surface area contributed by atoms with Gasteiger partial charge >= 0.3 is 0 Å². The Morgan fingerprint density at radius 1 is 1.30 bits per heavy atom. The molecule has 0 aliphatic carbocycles. The number of carbonyl (C=O) groups excluding carboxylic acids is 2. The molecule has 1 aromatic rings. The molecule has 1 aromatic carbocycles. The number of fused-ring (bicyclic) bond motifs is 1. The summed E-state index contributed by atoms with van der Waals surface area (Å²) in [5.74, 6) is -0.166. The van der Waals surface area contributed by atoms with Crippen molar-refractivity contribution in [2.24, 2.45) is 5.92 Å². The highest BCUT2D eigenvalue weighted by Gasteiger charge is 2.31. The quantitative estimate of drug-likeness (QED) is 0.677. The summed E-state index contributed by atoms with van der Waals surface area (Å²) in [6.45, 7) is 5.98. The van der Waals surface area contributed by atoms with Gasteiger partial charge in [0.15, 0.2) is 0 Å². The van der Waals surface area contributed by atoms with E-state index in [2.05, 4.69) is 28.1 Å². The van der Waals surface area contributed by atoms with E-state index >= 15 is 0 Å². The Labute approximate surface area is 161 Å². The van der Waals surface area contributed by atoms with Gasteiger partial charge in [0.2, 0.25) is 11.8 Å². The molecule has 0 spiro atoms. The largest absolute Gasteiger partial charge is 0.376 e. The molecule has 3 rings (SSSR count). The summed E-state index contributed by atoms with van der Waals surface area (Å²) in [6, 6.07) is 7.33. The number of hydrogen-bond acceptors (Lipinski definition) is 4. The van der Waals surface area contributed by atoms with Gasteiger partial charge in [0.1, 0.15) is 6.04 Å². The summed E-state index contributed by atoms with van der Waals surface area (Å²) < 4.78 is 5.57. The monoisotopic (exact) mass is 373 g/mol. The Kier molecular flexibility index (Phi) is 6.85. The fourth-order valence-corrected chi connectivity index (χ4v) is 3.73. The number of hydrogen-bond donors (Lipinski definition) is 3. The van der Waals surface area contributed by atoms with Crippen molar-refractivity contribution in [1.29, 1.82) is 0 Å². The Hall–Kier alpha value is -1.92. The fraction of sp³-hybridized carbons (Fsp3) is 0.619. The van der Waals surface area contributed by atoms with Crippen molar-refractivity contribution in [2.75, 3.05) is 13.2 Å². The van der Waals surface area contributed by atoms with Crippen molar-refractivity contribution in [1.82, 2.24) is 16.0 Å². The van der Waals surface area contributed by atoms with E-state index in [1.54, 1.807) is 0 Å². The molecule has 1 fully saturated rings. The first-order chi connectivity index (χ1) is 13.1. The van der Waals surface area contributed by atoms with Crippen molar-refractivity contribution in [3.8, 4) is 0 Å². The molecular weight excluding hydrogens is 342 g/mol. The van der Waals surface area contributed by atoms with Gasteiger partial charge in [0, 0.05) is 19.7 Å². The third-order valence-corrected chi connectivity index (χ3v) is 5.72. The minimum Gasteiger partial charge on any atom is -0.376 e.